The van der Waals surface area contributed by atoms with Crippen molar-refractivity contribution in [3.63, 3.8) is 0 Å². The Balaban J connectivity index is 2.69. The molecule has 0 N–H and O–H groups in total. The number of carbonyl (C=O) groups excluding carboxylic acids is 1. The molecule has 1 aliphatic rings. The lowest BCUT2D eigenvalue weighted by Crippen LogP contribution is -2.44. The Labute approximate surface area is 200 Å². The number of hydrogen-bond donors (Lipinski definition) is 0. The summed E-state index contributed by atoms with van der Waals surface area (Å²) >= 11 is 0. The van der Waals surface area contributed by atoms with Crippen molar-refractivity contribution in [3.05, 3.63) is 24.3 Å². The molecule has 1 saturated carbocycles. The lowest BCUT2D eigenvalue weighted by atomic mass is 9.74. The molecule has 0 bridgehead atoms. The van der Waals surface area contributed by atoms with Crippen LogP contribution in [0.4, 0.5) is 0 Å². The smallest absolute Gasteiger partial charge is 0.303 e. The van der Waals surface area contributed by atoms with E-state index in [1.807, 2.05) is 0 Å². The van der Waals surface area contributed by atoms with E-state index >= 15 is 0 Å². The zero-order valence-corrected chi connectivity index (χ0v) is 23.3. The van der Waals surface area contributed by atoms with Gasteiger partial charge < -0.3 is 9.16 Å². The second-order valence-electron chi connectivity index (χ2n) is 11.4. The highest BCUT2D eigenvalue weighted by Gasteiger charge is 2.40. The molecule has 4 heteroatoms. The van der Waals surface area contributed by atoms with Crippen molar-refractivity contribution < 1.29 is 14.0 Å². The van der Waals surface area contributed by atoms with Gasteiger partial charge in [0.15, 0.2) is 8.32 Å². The van der Waals surface area contributed by atoms with E-state index in [9.17, 15) is 4.79 Å². The zero-order valence-electron chi connectivity index (χ0n) is 22.3. The third-order valence-electron chi connectivity index (χ3n) is 7.42. The van der Waals surface area contributed by atoms with Crippen LogP contribution in [0.15, 0.2) is 24.3 Å². The van der Waals surface area contributed by atoms with E-state index in [0.717, 1.165) is 19.4 Å². The van der Waals surface area contributed by atoms with Crippen LogP contribution >= 0.6 is 0 Å². The van der Waals surface area contributed by atoms with Crippen LogP contribution in [0.3, 0.4) is 0 Å². The zero-order chi connectivity index (χ0) is 24.1. The Kier molecular flexibility index (Phi) is 13.1. The molecule has 32 heavy (non-hydrogen) atoms. The Hall–Kier alpha value is -0.873. The van der Waals surface area contributed by atoms with Crippen LogP contribution in [-0.4, -0.2) is 27.0 Å². The maximum absolute atomic E-state index is 11.5. The number of carbonyl (C=O) groups is 1. The van der Waals surface area contributed by atoms with E-state index in [1.165, 1.54) is 71.1 Å². The standard InChI is InChI=1S/C28H52O3Si/c1-8-9-10-11-12-14-19-26(31-25(2)29)20-15-18-23-28(21-16-13-17-22-28)24-30-32(6,7)27(3,4)5/h15,18,20,23,26H,8-14,16-17,19,21-22,24H2,1-7H3. The molecule has 3 nitrogen and oxygen atoms in total. The Bertz CT molecular complexity index is 580. The average molecular weight is 465 g/mol. The van der Waals surface area contributed by atoms with Gasteiger partial charge in [-0.1, -0.05) is 97.3 Å². The van der Waals surface area contributed by atoms with Gasteiger partial charge in [-0.2, -0.15) is 0 Å². The molecule has 1 unspecified atom stereocenters. The van der Waals surface area contributed by atoms with Crippen LogP contribution in [0, 0.1) is 5.41 Å². The molecular weight excluding hydrogens is 412 g/mol. The van der Waals surface area contributed by atoms with Crippen LogP contribution in [0.5, 0.6) is 0 Å². The van der Waals surface area contributed by atoms with Gasteiger partial charge in [0, 0.05) is 18.9 Å². The van der Waals surface area contributed by atoms with Gasteiger partial charge in [0.05, 0.1) is 0 Å². The molecule has 1 atom stereocenters. The fraction of sp³-hybridized carbons (Fsp3) is 0.821. The van der Waals surface area contributed by atoms with Crippen molar-refractivity contribution in [2.45, 2.75) is 136 Å². The number of hydrogen-bond acceptors (Lipinski definition) is 3. The highest BCUT2D eigenvalue weighted by Crippen LogP contribution is 2.42. The lowest BCUT2D eigenvalue weighted by molar-refractivity contribution is -0.144. The highest BCUT2D eigenvalue weighted by atomic mass is 28.4. The summed E-state index contributed by atoms with van der Waals surface area (Å²) in [5, 5.41) is 0.236. The van der Waals surface area contributed by atoms with Crippen LogP contribution < -0.4 is 0 Å². The topological polar surface area (TPSA) is 35.5 Å². The summed E-state index contributed by atoms with van der Waals surface area (Å²) in [6, 6.07) is 0. The maximum atomic E-state index is 11.5. The highest BCUT2D eigenvalue weighted by molar-refractivity contribution is 6.74. The van der Waals surface area contributed by atoms with E-state index in [0.29, 0.717) is 0 Å². The molecule has 0 aromatic rings. The van der Waals surface area contributed by atoms with E-state index in [1.54, 1.807) is 0 Å². The minimum Gasteiger partial charge on any atom is -0.458 e. The summed E-state index contributed by atoms with van der Waals surface area (Å²) in [6.45, 7) is 16.2. The van der Waals surface area contributed by atoms with Crippen LogP contribution in [0.2, 0.25) is 18.1 Å². The molecule has 0 saturated heterocycles. The average Bonchev–Trinajstić information content (AvgIpc) is 2.71. The van der Waals surface area contributed by atoms with Gasteiger partial charge in [0.1, 0.15) is 6.10 Å². The normalized spacial score (nSPS) is 18.3. The molecule has 0 aliphatic heterocycles. The van der Waals surface area contributed by atoms with Crippen molar-refractivity contribution >= 4 is 14.3 Å². The fourth-order valence-electron chi connectivity index (χ4n) is 4.14. The van der Waals surface area contributed by atoms with Crippen molar-refractivity contribution in [2.75, 3.05) is 6.61 Å². The van der Waals surface area contributed by atoms with Gasteiger partial charge in [0.25, 0.3) is 0 Å². The summed E-state index contributed by atoms with van der Waals surface area (Å²) < 4.78 is 12.2. The third kappa shape index (κ3) is 11.3. The van der Waals surface area contributed by atoms with Crippen molar-refractivity contribution in [2.24, 2.45) is 5.41 Å². The molecule has 1 rings (SSSR count). The van der Waals surface area contributed by atoms with Crippen LogP contribution in [0.25, 0.3) is 0 Å². The first-order valence-electron chi connectivity index (χ1n) is 13.2. The van der Waals surface area contributed by atoms with Gasteiger partial charge in [-0.3, -0.25) is 4.79 Å². The summed E-state index contributed by atoms with van der Waals surface area (Å²) in [5.41, 5.74) is 0.147. The van der Waals surface area contributed by atoms with Gasteiger partial charge in [-0.05, 0) is 49.9 Å². The van der Waals surface area contributed by atoms with Crippen LogP contribution in [-0.2, 0) is 14.0 Å². The SMILES string of the molecule is CCCCCCCCC(C=CC=CC1(CO[Si](C)(C)C(C)(C)C)CCCCC1)OC(C)=O. The first-order chi connectivity index (χ1) is 15.0. The second kappa shape index (κ2) is 14.4. The number of unbranched alkanes of at least 4 members (excludes halogenated alkanes) is 5. The minimum absolute atomic E-state index is 0.117. The van der Waals surface area contributed by atoms with E-state index in [4.69, 9.17) is 9.16 Å². The largest absolute Gasteiger partial charge is 0.458 e. The van der Waals surface area contributed by atoms with Crippen molar-refractivity contribution in [3.8, 4) is 0 Å². The predicted octanol–water partition coefficient (Wildman–Crippen LogP) is 8.75. The first-order valence-corrected chi connectivity index (χ1v) is 16.1. The maximum Gasteiger partial charge on any atom is 0.303 e. The van der Waals surface area contributed by atoms with Gasteiger partial charge in [0.2, 0.25) is 0 Å². The summed E-state index contributed by atoms with van der Waals surface area (Å²) in [7, 11) is -1.76. The summed E-state index contributed by atoms with van der Waals surface area (Å²) in [5.74, 6) is -0.193. The number of allylic oxidation sites excluding steroid dienone is 2. The molecule has 0 aromatic carbocycles. The van der Waals surface area contributed by atoms with Crippen molar-refractivity contribution in [1.29, 1.82) is 0 Å². The molecule has 1 fully saturated rings. The predicted molar refractivity (Wildman–Crippen MR) is 140 cm³/mol. The van der Waals surface area contributed by atoms with E-state index in [-0.39, 0.29) is 22.5 Å². The summed E-state index contributed by atoms with van der Waals surface area (Å²) in [6.07, 6.45) is 23.3. The first kappa shape index (κ1) is 29.2. The third-order valence-corrected chi connectivity index (χ3v) is 11.9. The molecule has 0 spiro atoms. The molecule has 186 valence electrons. The van der Waals surface area contributed by atoms with Gasteiger partial charge in [-0.15, -0.1) is 0 Å². The fourth-order valence-corrected chi connectivity index (χ4v) is 5.22. The Morgan fingerprint density at radius 2 is 1.62 bits per heavy atom. The van der Waals surface area contributed by atoms with Crippen LogP contribution in [0.1, 0.15) is 112 Å². The molecule has 0 aromatic heterocycles. The molecule has 0 radical (unpaired) electrons. The van der Waals surface area contributed by atoms with Gasteiger partial charge in [-0.25, -0.2) is 0 Å². The van der Waals surface area contributed by atoms with E-state index < -0.39 is 8.32 Å². The Morgan fingerprint density at radius 1 is 1.00 bits per heavy atom. The summed E-state index contributed by atoms with van der Waals surface area (Å²) in [4.78, 5) is 11.5. The molecule has 0 heterocycles. The molecular formula is C28H52O3Si. The Morgan fingerprint density at radius 3 is 2.22 bits per heavy atom. The monoisotopic (exact) mass is 464 g/mol. The van der Waals surface area contributed by atoms with Gasteiger partial charge >= 0.3 is 5.97 Å². The quantitative estimate of drug-likeness (QED) is 0.111. The second-order valence-corrected chi connectivity index (χ2v) is 16.2. The number of rotatable bonds is 14. The number of ether oxygens (including phenoxy) is 1. The van der Waals surface area contributed by atoms with E-state index in [2.05, 4.69) is 65.1 Å². The molecule has 0 amide bonds. The minimum atomic E-state index is -1.76. The molecule has 1 aliphatic carbocycles. The van der Waals surface area contributed by atoms with Crippen molar-refractivity contribution in [1.82, 2.24) is 0 Å². The lowest BCUT2D eigenvalue weighted by Gasteiger charge is -2.41. The number of esters is 1.